The minimum absolute atomic E-state index is 0.00580. The number of benzene rings is 6. The third-order valence-electron chi connectivity index (χ3n) is 11.9. The second-order valence-electron chi connectivity index (χ2n) is 17.6. The van der Waals surface area contributed by atoms with Crippen LogP contribution in [0.1, 0.15) is 61.4 Å². The molecule has 10 nitrogen and oxygen atoms in total. The molecule has 0 bridgehead atoms. The first-order chi connectivity index (χ1) is 34.4. The van der Waals surface area contributed by atoms with Gasteiger partial charge in [0.2, 0.25) is 12.0 Å². The summed E-state index contributed by atoms with van der Waals surface area (Å²) in [6.07, 6.45) is 2.09. The highest BCUT2D eigenvalue weighted by atomic mass is 16.7. The van der Waals surface area contributed by atoms with Crippen LogP contribution in [0, 0.1) is 0 Å². The predicted octanol–water partition coefficient (Wildman–Crippen LogP) is 12.5. The SMILES string of the molecule is CC(C)=CCC/C(C)=C/COc1c(OCc2ccccc2)c2ccc(O[C@@H]3O[C@H](COCc4ccccc4)[C@@H](OCc4ccccc4)[C@H](OCc4ccccc4)[C@H]3OCc3ccccc3)cc2oc1=O. The maximum Gasteiger partial charge on any atom is 0.383 e. The smallest absolute Gasteiger partial charge is 0.383 e. The lowest BCUT2D eigenvalue weighted by molar-refractivity contribution is -0.310. The molecule has 0 radical (unpaired) electrons. The summed E-state index contributed by atoms with van der Waals surface area (Å²) >= 11 is 0. The van der Waals surface area contributed by atoms with Crippen molar-refractivity contribution in [3.63, 3.8) is 0 Å². The van der Waals surface area contributed by atoms with E-state index >= 15 is 0 Å². The molecule has 0 amide bonds. The lowest BCUT2D eigenvalue weighted by atomic mass is 9.97. The van der Waals surface area contributed by atoms with Gasteiger partial charge < -0.3 is 42.3 Å². The molecule has 0 unspecified atom stereocenters. The van der Waals surface area contributed by atoms with Crippen molar-refractivity contribution in [1.29, 1.82) is 0 Å². The van der Waals surface area contributed by atoms with Crippen molar-refractivity contribution in [3.8, 4) is 17.2 Å². The summed E-state index contributed by atoms with van der Waals surface area (Å²) in [5, 5.41) is 0.536. The molecule has 0 N–H and O–H groups in total. The average molecular weight is 943 g/mol. The Morgan fingerprint density at radius 3 is 1.61 bits per heavy atom. The lowest BCUT2D eigenvalue weighted by Crippen LogP contribution is -2.62. The molecule has 0 saturated carbocycles. The van der Waals surface area contributed by atoms with Crippen LogP contribution in [0.2, 0.25) is 0 Å². The van der Waals surface area contributed by atoms with Crippen molar-refractivity contribution in [2.45, 2.75) is 97.4 Å². The van der Waals surface area contributed by atoms with Crippen LogP contribution in [0.4, 0.5) is 0 Å². The molecule has 1 aliphatic rings. The van der Waals surface area contributed by atoms with Gasteiger partial charge in [-0.25, -0.2) is 4.79 Å². The highest BCUT2D eigenvalue weighted by molar-refractivity contribution is 5.86. The van der Waals surface area contributed by atoms with Crippen molar-refractivity contribution in [3.05, 3.63) is 231 Å². The number of hydrogen-bond donors (Lipinski definition) is 0. The van der Waals surface area contributed by atoms with Gasteiger partial charge in [0.15, 0.2) is 5.75 Å². The van der Waals surface area contributed by atoms with E-state index in [9.17, 15) is 4.79 Å². The number of ether oxygens (including phenoxy) is 8. The fourth-order valence-electron chi connectivity index (χ4n) is 8.14. The Balaban J connectivity index is 1.13. The average Bonchev–Trinajstić information content (AvgIpc) is 3.38. The van der Waals surface area contributed by atoms with Gasteiger partial charge in [-0.15, -0.1) is 0 Å². The number of allylic oxidation sites excluding steroid dienone is 3. The molecule has 0 spiro atoms. The van der Waals surface area contributed by atoms with E-state index in [2.05, 4.69) is 26.8 Å². The van der Waals surface area contributed by atoms with Crippen LogP contribution >= 0.6 is 0 Å². The molecule has 0 aliphatic carbocycles. The van der Waals surface area contributed by atoms with E-state index in [1.54, 1.807) is 18.2 Å². The van der Waals surface area contributed by atoms with Crippen LogP contribution in [0.15, 0.2) is 202 Å². The molecule has 70 heavy (non-hydrogen) atoms. The van der Waals surface area contributed by atoms with Crippen molar-refractivity contribution < 1.29 is 42.3 Å². The molecule has 1 aliphatic heterocycles. The first-order valence-corrected chi connectivity index (χ1v) is 24.0. The fraction of sp³-hybridized carbons (Fsp3) is 0.283. The van der Waals surface area contributed by atoms with Gasteiger partial charge in [-0.1, -0.05) is 169 Å². The van der Waals surface area contributed by atoms with Crippen LogP contribution in [-0.4, -0.2) is 43.9 Å². The topological polar surface area (TPSA) is 104 Å². The van der Waals surface area contributed by atoms with Crippen molar-refractivity contribution >= 4 is 11.0 Å². The molecule has 8 rings (SSSR count). The van der Waals surface area contributed by atoms with Gasteiger partial charge in [-0.3, -0.25) is 0 Å². The maximum absolute atomic E-state index is 13.9. The van der Waals surface area contributed by atoms with E-state index in [4.69, 9.17) is 42.3 Å². The molecule has 10 heteroatoms. The minimum atomic E-state index is -1.04. The van der Waals surface area contributed by atoms with Gasteiger partial charge in [0.25, 0.3) is 0 Å². The molecule has 7 aromatic rings. The Hall–Kier alpha value is -6.79. The summed E-state index contributed by atoms with van der Waals surface area (Å²) in [7, 11) is 0. The molecular weight excluding hydrogens is 881 g/mol. The summed E-state index contributed by atoms with van der Waals surface area (Å²) in [6.45, 7) is 7.93. The summed E-state index contributed by atoms with van der Waals surface area (Å²) in [4.78, 5) is 13.9. The molecule has 1 saturated heterocycles. The zero-order chi connectivity index (χ0) is 48.3. The Labute approximate surface area is 411 Å². The zero-order valence-electron chi connectivity index (χ0n) is 40.2. The minimum Gasteiger partial charge on any atom is -0.484 e. The highest BCUT2D eigenvalue weighted by Crippen LogP contribution is 2.37. The summed E-state index contributed by atoms with van der Waals surface area (Å²) in [6, 6.07) is 54.9. The predicted molar refractivity (Wildman–Crippen MR) is 272 cm³/mol. The summed E-state index contributed by atoms with van der Waals surface area (Å²) in [5.41, 5.74) is 6.88. The normalized spacial score (nSPS) is 18.0. The van der Waals surface area contributed by atoms with Crippen LogP contribution in [0.3, 0.4) is 0 Å². The third-order valence-corrected chi connectivity index (χ3v) is 11.9. The second-order valence-corrected chi connectivity index (χ2v) is 17.6. The van der Waals surface area contributed by atoms with Crippen molar-refractivity contribution in [2.24, 2.45) is 0 Å². The second kappa shape index (κ2) is 25.7. The van der Waals surface area contributed by atoms with Crippen LogP contribution in [0.5, 0.6) is 17.2 Å². The largest absolute Gasteiger partial charge is 0.484 e. The molecule has 1 aromatic heterocycles. The van der Waals surface area contributed by atoms with Crippen LogP contribution in [0.25, 0.3) is 11.0 Å². The van der Waals surface area contributed by atoms with E-state index in [1.807, 2.05) is 158 Å². The quantitative estimate of drug-likeness (QED) is 0.0430. The molecular formula is C60H62O10. The lowest BCUT2D eigenvalue weighted by Gasteiger charge is -2.45. The summed E-state index contributed by atoms with van der Waals surface area (Å²) in [5.74, 6) is 0.633. The Kier molecular flexibility index (Phi) is 18.2. The molecule has 362 valence electrons. The highest BCUT2D eigenvalue weighted by Gasteiger charge is 2.50. The van der Waals surface area contributed by atoms with E-state index in [-0.39, 0.29) is 50.1 Å². The summed E-state index contributed by atoms with van der Waals surface area (Å²) < 4.78 is 59.4. The molecule has 6 aromatic carbocycles. The number of rotatable bonds is 24. The van der Waals surface area contributed by atoms with Gasteiger partial charge >= 0.3 is 5.63 Å². The first-order valence-electron chi connectivity index (χ1n) is 24.0. The van der Waals surface area contributed by atoms with Crippen LogP contribution in [-0.2, 0) is 56.7 Å². The van der Waals surface area contributed by atoms with Gasteiger partial charge in [-0.2, -0.15) is 0 Å². The van der Waals surface area contributed by atoms with Gasteiger partial charge in [-0.05, 0) is 79.6 Å². The monoisotopic (exact) mass is 942 g/mol. The number of fused-ring (bicyclic) bond motifs is 1. The Bertz CT molecular complexity index is 2770. The van der Waals surface area contributed by atoms with Gasteiger partial charge in [0.1, 0.15) is 49.0 Å². The van der Waals surface area contributed by atoms with E-state index in [0.29, 0.717) is 24.3 Å². The number of hydrogen-bond acceptors (Lipinski definition) is 10. The van der Waals surface area contributed by atoms with Gasteiger partial charge in [0, 0.05) is 6.07 Å². The maximum atomic E-state index is 13.9. The van der Waals surface area contributed by atoms with Crippen molar-refractivity contribution in [2.75, 3.05) is 13.2 Å². The molecule has 2 heterocycles. The van der Waals surface area contributed by atoms with Crippen molar-refractivity contribution in [1.82, 2.24) is 0 Å². The van der Waals surface area contributed by atoms with Gasteiger partial charge in [0.05, 0.1) is 38.4 Å². The fourth-order valence-corrected chi connectivity index (χ4v) is 8.14. The Morgan fingerprint density at radius 1 is 0.543 bits per heavy atom. The standard InChI is InChI=1S/C60H62O10/c1-43(2)20-19-21-44(3)34-35-63-57-54(64-38-46-24-11-5-12-25-46)51-33-32-50(36-52(51)69-59(57)61)68-60-58(67-41-49-30-17-8-18-31-49)56(66-40-48-28-15-7-16-29-48)55(65-39-47-26-13-6-14-27-47)53(70-60)42-62-37-45-22-9-4-10-23-45/h4-18,20,22-34,36,53,55-56,58,60H,19,21,35,37-42H2,1-3H3/b44-34+/t53-,55-,56+,58-,60-/m1/s1. The third kappa shape index (κ3) is 14.4. The van der Waals surface area contributed by atoms with Crippen LogP contribution < -0.4 is 19.8 Å². The van der Waals surface area contributed by atoms with E-state index < -0.39 is 36.3 Å². The molecule has 1 fully saturated rings. The molecule has 5 atom stereocenters. The first kappa shape index (κ1) is 49.6. The van der Waals surface area contributed by atoms with E-state index in [1.165, 1.54) is 5.57 Å². The Morgan fingerprint density at radius 2 is 1.06 bits per heavy atom. The van der Waals surface area contributed by atoms with E-state index in [0.717, 1.165) is 46.2 Å². The zero-order valence-corrected chi connectivity index (χ0v) is 40.2.